The smallest absolute Gasteiger partial charge is 0.248 e. The van der Waals surface area contributed by atoms with Crippen LogP contribution in [0.1, 0.15) is 17.5 Å². The van der Waals surface area contributed by atoms with Gasteiger partial charge >= 0.3 is 0 Å². The van der Waals surface area contributed by atoms with E-state index in [1.807, 2.05) is 49.4 Å². The summed E-state index contributed by atoms with van der Waals surface area (Å²) in [5, 5.41) is 0.882. The Morgan fingerprint density at radius 1 is 1.00 bits per heavy atom. The molecular formula is C25H20N2O3. The Hall–Kier alpha value is -3.73. The van der Waals surface area contributed by atoms with E-state index >= 15 is 0 Å². The number of nitrogens with zero attached hydrogens (tertiary/aromatic N) is 1. The molecule has 1 aliphatic heterocycles. The number of hydrogen-bond donors (Lipinski definition) is 1. The first kappa shape index (κ1) is 18.3. The molecule has 0 bridgehead atoms. The van der Waals surface area contributed by atoms with Crippen molar-refractivity contribution < 1.29 is 9.59 Å². The number of carbonyl (C=O) groups is 2. The number of anilines is 1. The van der Waals surface area contributed by atoms with E-state index in [0.29, 0.717) is 23.2 Å². The van der Waals surface area contributed by atoms with Gasteiger partial charge < -0.3 is 4.98 Å². The Kier molecular flexibility index (Phi) is 4.07. The maximum absolute atomic E-state index is 13.3. The zero-order valence-electron chi connectivity index (χ0n) is 16.5. The first-order chi connectivity index (χ1) is 14.4. The summed E-state index contributed by atoms with van der Waals surface area (Å²) < 4.78 is 0. The Morgan fingerprint density at radius 2 is 1.77 bits per heavy atom. The molecule has 2 aromatic carbocycles. The van der Waals surface area contributed by atoms with E-state index < -0.39 is 11.8 Å². The first-order valence-corrected chi connectivity index (χ1v) is 9.90. The molecule has 30 heavy (non-hydrogen) atoms. The Bertz CT molecular complexity index is 1320. The number of amides is 2. The minimum Gasteiger partial charge on any atom is -0.322 e. The Morgan fingerprint density at radius 3 is 2.53 bits per heavy atom. The fourth-order valence-electron chi connectivity index (χ4n) is 4.63. The maximum Gasteiger partial charge on any atom is 0.248 e. The second kappa shape index (κ2) is 6.66. The average molecular weight is 396 g/mol. The highest BCUT2D eigenvalue weighted by molar-refractivity contribution is 6.24. The number of H-pyrrole nitrogens is 1. The van der Waals surface area contributed by atoms with Crippen molar-refractivity contribution in [1.29, 1.82) is 0 Å². The summed E-state index contributed by atoms with van der Waals surface area (Å²) in [4.78, 5) is 42.4. The van der Waals surface area contributed by atoms with Crippen molar-refractivity contribution in [2.45, 2.75) is 13.3 Å². The van der Waals surface area contributed by atoms with Gasteiger partial charge in [0.15, 0.2) is 0 Å². The van der Waals surface area contributed by atoms with Crippen molar-refractivity contribution in [3.63, 3.8) is 0 Å². The molecular weight excluding hydrogens is 376 g/mol. The van der Waals surface area contributed by atoms with Gasteiger partial charge in [-0.2, -0.15) is 0 Å². The van der Waals surface area contributed by atoms with Crippen LogP contribution in [0.4, 0.5) is 5.69 Å². The molecule has 0 spiro atoms. The van der Waals surface area contributed by atoms with Crippen molar-refractivity contribution in [2.24, 2.45) is 11.8 Å². The van der Waals surface area contributed by atoms with Crippen LogP contribution in [-0.2, 0) is 9.59 Å². The molecule has 0 radical (unpaired) electrons. The minimum absolute atomic E-state index is 0.213. The van der Waals surface area contributed by atoms with Gasteiger partial charge in [-0.1, -0.05) is 49.1 Å². The molecule has 1 aromatic heterocycles. The van der Waals surface area contributed by atoms with Crippen molar-refractivity contribution in [3.8, 4) is 0 Å². The molecule has 0 unspecified atom stereocenters. The zero-order chi connectivity index (χ0) is 21.0. The van der Waals surface area contributed by atoms with Crippen LogP contribution in [0.3, 0.4) is 0 Å². The summed E-state index contributed by atoms with van der Waals surface area (Å²) in [7, 11) is 0. The zero-order valence-corrected chi connectivity index (χ0v) is 16.5. The van der Waals surface area contributed by atoms with Gasteiger partial charge in [-0.25, -0.2) is 4.90 Å². The first-order valence-electron chi connectivity index (χ1n) is 9.90. The van der Waals surface area contributed by atoms with E-state index in [2.05, 4.69) is 11.6 Å². The molecule has 5 heteroatoms. The molecule has 2 aliphatic rings. The summed E-state index contributed by atoms with van der Waals surface area (Å²) in [6.07, 6.45) is 2.44. The van der Waals surface area contributed by atoms with Crippen LogP contribution >= 0.6 is 0 Å². The number of imide groups is 1. The third-order valence-electron chi connectivity index (χ3n) is 6.06. The van der Waals surface area contributed by atoms with Crippen LogP contribution in [0.15, 0.2) is 77.6 Å². The molecule has 1 aliphatic carbocycles. The quantitative estimate of drug-likeness (QED) is 0.666. The highest BCUT2D eigenvalue weighted by Gasteiger charge is 2.50. The largest absolute Gasteiger partial charge is 0.322 e. The highest BCUT2D eigenvalue weighted by Crippen LogP contribution is 2.44. The summed E-state index contributed by atoms with van der Waals surface area (Å²) in [5.41, 5.74) is 4.43. The minimum atomic E-state index is -0.544. The molecule has 0 saturated carbocycles. The van der Waals surface area contributed by atoms with Crippen LogP contribution in [0.2, 0.25) is 0 Å². The predicted molar refractivity (Wildman–Crippen MR) is 117 cm³/mol. The van der Waals surface area contributed by atoms with Crippen LogP contribution < -0.4 is 10.5 Å². The topological polar surface area (TPSA) is 70.2 Å². The molecule has 2 amide bonds. The van der Waals surface area contributed by atoms with E-state index in [-0.39, 0.29) is 17.4 Å². The number of aromatic nitrogens is 1. The van der Waals surface area contributed by atoms with Crippen LogP contribution in [0.25, 0.3) is 16.5 Å². The van der Waals surface area contributed by atoms with Crippen LogP contribution in [0, 0.1) is 18.8 Å². The van der Waals surface area contributed by atoms with E-state index in [9.17, 15) is 14.4 Å². The highest BCUT2D eigenvalue weighted by atomic mass is 16.2. The molecule has 1 fully saturated rings. The molecule has 3 aromatic rings. The number of pyridine rings is 1. The Balaban J connectivity index is 1.54. The van der Waals surface area contributed by atoms with Gasteiger partial charge in [0, 0.05) is 11.5 Å². The number of nitrogens with one attached hydrogen (secondary N) is 1. The molecule has 148 valence electrons. The summed E-state index contributed by atoms with van der Waals surface area (Å²) in [6.45, 7) is 5.95. The monoisotopic (exact) mass is 396 g/mol. The maximum atomic E-state index is 13.3. The van der Waals surface area contributed by atoms with Crippen molar-refractivity contribution in [2.75, 3.05) is 4.90 Å². The number of hydrogen-bond acceptors (Lipinski definition) is 3. The van der Waals surface area contributed by atoms with Gasteiger partial charge in [0.05, 0.1) is 23.0 Å². The lowest BCUT2D eigenvalue weighted by Crippen LogP contribution is -2.31. The van der Waals surface area contributed by atoms with Crippen molar-refractivity contribution >= 4 is 34.0 Å². The van der Waals surface area contributed by atoms with Gasteiger partial charge in [0.25, 0.3) is 0 Å². The lowest BCUT2D eigenvalue weighted by Gasteiger charge is -2.23. The van der Waals surface area contributed by atoms with E-state index in [1.165, 1.54) is 11.0 Å². The number of aryl methyl sites for hydroxylation is 1. The molecule has 5 nitrogen and oxygen atoms in total. The van der Waals surface area contributed by atoms with Crippen LogP contribution in [-0.4, -0.2) is 16.8 Å². The van der Waals surface area contributed by atoms with E-state index in [0.717, 1.165) is 22.1 Å². The summed E-state index contributed by atoms with van der Waals surface area (Å²) >= 11 is 0. The van der Waals surface area contributed by atoms with Crippen molar-refractivity contribution in [1.82, 2.24) is 4.98 Å². The molecule has 2 heterocycles. The van der Waals surface area contributed by atoms with E-state index in [4.69, 9.17) is 0 Å². The second-order valence-corrected chi connectivity index (χ2v) is 7.96. The lowest BCUT2D eigenvalue weighted by molar-refractivity contribution is -0.122. The SMILES string of the molecule is C=C1C=C(c2ccccc2)C[C@H]2C(=O)N(c3ccc4c(C)cc(=O)[nH]c4c3)C(=O)[C@@H]12. The molecule has 5 rings (SSSR count). The number of rotatable bonds is 2. The van der Waals surface area contributed by atoms with Gasteiger partial charge in [0.1, 0.15) is 0 Å². The summed E-state index contributed by atoms with van der Waals surface area (Å²) in [5.74, 6) is -1.48. The Labute approximate surface area is 173 Å². The van der Waals surface area contributed by atoms with Gasteiger partial charge in [-0.3, -0.25) is 14.4 Å². The fraction of sp³-hybridized carbons (Fsp3) is 0.160. The van der Waals surface area contributed by atoms with Crippen LogP contribution in [0.5, 0.6) is 0 Å². The third kappa shape index (κ3) is 2.74. The van der Waals surface area contributed by atoms with Gasteiger partial charge in [-0.15, -0.1) is 0 Å². The number of carbonyl (C=O) groups excluding carboxylic acids is 2. The number of fused-ring (bicyclic) bond motifs is 2. The third-order valence-corrected chi connectivity index (χ3v) is 6.06. The number of benzene rings is 2. The standard InChI is InChI=1S/C25H20N2O3/c1-14-11-22(28)26-21-13-18(8-9-19(14)21)27-24(29)20-12-17(16-6-4-3-5-7-16)10-15(2)23(20)25(27)30/h3-11,13,20,23H,2,12H2,1H3,(H,26,28)/t20-,23+/m1/s1. The summed E-state index contributed by atoms with van der Waals surface area (Å²) in [6, 6.07) is 16.7. The van der Waals surface area contributed by atoms with Crippen molar-refractivity contribution in [3.05, 3.63) is 94.3 Å². The molecule has 1 saturated heterocycles. The number of allylic oxidation sites excluding steroid dienone is 2. The second-order valence-electron chi connectivity index (χ2n) is 7.96. The normalized spacial score (nSPS) is 21.2. The lowest BCUT2D eigenvalue weighted by atomic mass is 9.77. The number of aromatic amines is 1. The van der Waals surface area contributed by atoms with E-state index in [1.54, 1.807) is 12.1 Å². The predicted octanol–water partition coefficient (Wildman–Crippen LogP) is 3.99. The average Bonchev–Trinajstić information content (AvgIpc) is 2.98. The van der Waals surface area contributed by atoms with Gasteiger partial charge in [-0.05, 0) is 47.8 Å². The van der Waals surface area contributed by atoms with Gasteiger partial charge in [0.2, 0.25) is 17.4 Å². The molecule has 2 atom stereocenters. The molecule has 1 N–H and O–H groups in total. The fourth-order valence-corrected chi connectivity index (χ4v) is 4.63.